The van der Waals surface area contributed by atoms with E-state index in [1.807, 2.05) is 11.8 Å². The van der Waals surface area contributed by atoms with E-state index in [9.17, 15) is 18.0 Å². The highest BCUT2D eigenvalue weighted by atomic mass is 32.2. The summed E-state index contributed by atoms with van der Waals surface area (Å²) in [4.78, 5) is 26.8. The lowest BCUT2D eigenvalue weighted by Crippen LogP contribution is -2.42. The van der Waals surface area contributed by atoms with Crippen LogP contribution in [0.25, 0.3) is 0 Å². The van der Waals surface area contributed by atoms with Crippen molar-refractivity contribution in [1.82, 2.24) is 10.0 Å². The molecule has 170 valence electrons. The summed E-state index contributed by atoms with van der Waals surface area (Å²) in [5.74, 6) is 0.632. The maximum absolute atomic E-state index is 12.7. The maximum Gasteiger partial charge on any atom is 0.240 e. The minimum absolute atomic E-state index is 0.0416. The van der Waals surface area contributed by atoms with Crippen LogP contribution in [0.4, 0.5) is 5.69 Å². The molecule has 0 spiro atoms. The van der Waals surface area contributed by atoms with E-state index in [0.29, 0.717) is 12.3 Å². The van der Waals surface area contributed by atoms with Gasteiger partial charge in [0, 0.05) is 36.7 Å². The number of rotatable bonds is 7. The molecule has 2 aliphatic carbocycles. The average molecular weight is 448 g/mol. The Morgan fingerprint density at radius 3 is 2.55 bits per heavy atom. The van der Waals surface area contributed by atoms with Gasteiger partial charge in [-0.2, -0.15) is 0 Å². The van der Waals surface area contributed by atoms with Crippen molar-refractivity contribution in [2.24, 2.45) is 11.8 Å². The van der Waals surface area contributed by atoms with Crippen LogP contribution < -0.4 is 14.9 Å². The molecule has 0 aromatic heterocycles. The molecule has 2 N–H and O–H groups in total. The normalized spacial score (nSPS) is 25.9. The van der Waals surface area contributed by atoms with E-state index < -0.39 is 10.0 Å². The van der Waals surface area contributed by atoms with Crippen LogP contribution in [0.2, 0.25) is 0 Å². The SMILES string of the molecule is C[C@@H]1CCCC[C@H]1NC(=O)CCNS(=O)(=O)c1ccc2c(c1)C[C@@H](C)N2C(=O)C1CC1. The van der Waals surface area contributed by atoms with Gasteiger partial charge in [0.15, 0.2) is 0 Å². The van der Waals surface area contributed by atoms with Gasteiger partial charge in [0.05, 0.1) is 4.90 Å². The van der Waals surface area contributed by atoms with Crippen molar-refractivity contribution < 1.29 is 18.0 Å². The molecule has 7 nitrogen and oxygen atoms in total. The van der Waals surface area contributed by atoms with Gasteiger partial charge in [-0.3, -0.25) is 9.59 Å². The number of hydrogen-bond donors (Lipinski definition) is 2. The fourth-order valence-electron chi connectivity index (χ4n) is 4.83. The molecule has 1 aromatic carbocycles. The molecule has 0 saturated heterocycles. The maximum atomic E-state index is 12.7. The van der Waals surface area contributed by atoms with Crippen molar-refractivity contribution in [3.05, 3.63) is 23.8 Å². The third-order valence-electron chi connectivity index (χ3n) is 6.84. The molecule has 0 unspecified atom stereocenters. The summed E-state index contributed by atoms with van der Waals surface area (Å²) < 4.78 is 28.0. The van der Waals surface area contributed by atoms with Crippen molar-refractivity contribution in [1.29, 1.82) is 0 Å². The van der Waals surface area contributed by atoms with Gasteiger partial charge in [-0.1, -0.05) is 19.8 Å². The van der Waals surface area contributed by atoms with Gasteiger partial charge in [0.25, 0.3) is 0 Å². The minimum Gasteiger partial charge on any atom is -0.353 e. The predicted octanol–water partition coefficient (Wildman–Crippen LogP) is 2.74. The Morgan fingerprint density at radius 2 is 1.84 bits per heavy atom. The highest BCUT2D eigenvalue weighted by molar-refractivity contribution is 7.89. The van der Waals surface area contributed by atoms with Crippen molar-refractivity contribution in [2.75, 3.05) is 11.4 Å². The summed E-state index contributed by atoms with van der Waals surface area (Å²) in [5.41, 5.74) is 1.71. The van der Waals surface area contributed by atoms with Gasteiger partial charge in [-0.05, 0) is 68.7 Å². The first kappa shape index (κ1) is 22.3. The zero-order chi connectivity index (χ0) is 22.2. The van der Waals surface area contributed by atoms with Crippen LogP contribution in [0.15, 0.2) is 23.1 Å². The Labute approximate surface area is 185 Å². The summed E-state index contributed by atoms with van der Waals surface area (Å²) in [6, 6.07) is 5.19. The number of carbonyl (C=O) groups excluding carboxylic acids is 2. The monoisotopic (exact) mass is 447 g/mol. The summed E-state index contributed by atoms with van der Waals surface area (Å²) in [6.07, 6.45) is 7.11. The molecule has 0 bridgehead atoms. The Hall–Kier alpha value is -1.93. The topological polar surface area (TPSA) is 95.6 Å². The molecular formula is C23H33N3O4S. The van der Waals surface area contributed by atoms with Gasteiger partial charge in [-0.25, -0.2) is 13.1 Å². The van der Waals surface area contributed by atoms with Crippen LogP contribution in [-0.4, -0.2) is 38.9 Å². The molecule has 2 saturated carbocycles. The molecule has 2 amide bonds. The van der Waals surface area contributed by atoms with Crippen LogP contribution in [0.3, 0.4) is 0 Å². The first-order valence-corrected chi connectivity index (χ1v) is 13.0. The minimum atomic E-state index is -3.71. The smallest absolute Gasteiger partial charge is 0.240 e. The third-order valence-corrected chi connectivity index (χ3v) is 8.30. The van der Waals surface area contributed by atoms with Crippen molar-refractivity contribution in [2.45, 2.75) is 82.2 Å². The van der Waals surface area contributed by atoms with Crippen LogP contribution in [0, 0.1) is 11.8 Å². The van der Waals surface area contributed by atoms with Crippen molar-refractivity contribution in [3.63, 3.8) is 0 Å². The molecule has 2 fully saturated rings. The van der Waals surface area contributed by atoms with E-state index in [0.717, 1.165) is 43.4 Å². The van der Waals surface area contributed by atoms with Crippen molar-refractivity contribution >= 4 is 27.5 Å². The van der Waals surface area contributed by atoms with Crippen LogP contribution in [0.5, 0.6) is 0 Å². The standard InChI is InChI=1S/C23H33N3O4S/c1-15-5-3-4-6-20(15)25-22(27)11-12-24-31(29,30)19-9-10-21-18(14-19)13-16(2)26(21)23(28)17-7-8-17/h9-10,14-17,20,24H,3-8,11-13H2,1-2H3,(H,25,27)/t15-,16-,20-/m1/s1. The highest BCUT2D eigenvalue weighted by Gasteiger charge is 2.39. The number of anilines is 1. The number of nitrogens with one attached hydrogen (secondary N) is 2. The third kappa shape index (κ3) is 4.95. The molecule has 0 radical (unpaired) electrons. The molecule has 31 heavy (non-hydrogen) atoms. The number of carbonyl (C=O) groups is 2. The van der Waals surface area contributed by atoms with E-state index in [1.54, 1.807) is 18.2 Å². The molecule has 1 heterocycles. The Morgan fingerprint density at radius 1 is 1.10 bits per heavy atom. The van der Waals surface area contributed by atoms with Crippen LogP contribution in [-0.2, 0) is 26.0 Å². The number of amides is 2. The largest absolute Gasteiger partial charge is 0.353 e. The number of benzene rings is 1. The van der Waals surface area contributed by atoms with Gasteiger partial charge >= 0.3 is 0 Å². The fourth-order valence-corrected chi connectivity index (χ4v) is 5.91. The molecule has 1 aliphatic heterocycles. The van der Waals surface area contributed by atoms with Gasteiger partial charge in [0.1, 0.15) is 0 Å². The predicted molar refractivity (Wildman–Crippen MR) is 119 cm³/mol. The van der Waals surface area contributed by atoms with Gasteiger partial charge in [-0.15, -0.1) is 0 Å². The summed E-state index contributed by atoms with van der Waals surface area (Å²) in [6.45, 7) is 4.22. The Balaban J connectivity index is 1.34. The van der Waals surface area contributed by atoms with Crippen LogP contribution >= 0.6 is 0 Å². The Kier molecular flexibility index (Phi) is 6.40. The van der Waals surface area contributed by atoms with E-state index in [-0.39, 0.29) is 47.7 Å². The second-order valence-corrected chi connectivity index (χ2v) is 11.2. The highest BCUT2D eigenvalue weighted by Crippen LogP contribution is 2.39. The molecular weight excluding hydrogens is 414 g/mol. The molecule has 3 aliphatic rings. The summed E-state index contributed by atoms with van der Waals surface area (Å²) >= 11 is 0. The first-order valence-electron chi connectivity index (χ1n) is 11.5. The molecule has 1 aromatic rings. The number of nitrogens with zero attached hydrogens (tertiary/aromatic N) is 1. The van der Waals surface area contributed by atoms with Crippen molar-refractivity contribution in [3.8, 4) is 0 Å². The quantitative estimate of drug-likeness (QED) is 0.672. The van der Waals surface area contributed by atoms with E-state index in [1.165, 1.54) is 6.42 Å². The first-order chi connectivity index (χ1) is 14.8. The Bertz CT molecular complexity index is 958. The van der Waals surface area contributed by atoms with E-state index >= 15 is 0 Å². The lowest BCUT2D eigenvalue weighted by Gasteiger charge is -2.29. The molecule has 8 heteroatoms. The lowest BCUT2D eigenvalue weighted by molar-refractivity contribution is -0.122. The number of sulfonamides is 1. The second kappa shape index (κ2) is 8.90. The summed E-state index contributed by atoms with van der Waals surface area (Å²) in [5, 5.41) is 3.05. The number of hydrogen-bond acceptors (Lipinski definition) is 4. The zero-order valence-electron chi connectivity index (χ0n) is 18.4. The van der Waals surface area contributed by atoms with Crippen LogP contribution in [0.1, 0.15) is 64.4 Å². The van der Waals surface area contributed by atoms with Gasteiger partial charge in [0.2, 0.25) is 21.8 Å². The second-order valence-electron chi connectivity index (χ2n) is 9.41. The van der Waals surface area contributed by atoms with Gasteiger partial charge < -0.3 is 10.2 Å². The number of fused-ring (bicyclic) bond motifs is 1. The lowest BCUT2D eigenvalue weighted by atomic mass is 9.86. The molecule has 4 rings (SSSR count). The summed E-state index contributed by atoms with van der Waals surface area (Å²) in [7, 11) is -3.71. The van der Waals surface area contributed by atoms with E-state index in [2.05, 4.69) is 17.0 Å². The molecule has 3 atom stereocenters. The zero-order valence-corrected chi connectivity index (χ0v) is 19.2. The van der Waals surface area contributed by atoms with E-state index in [4.69, 9.17) is 0 Å². The average Bonchev–Trinajstić information content (AvgIpc) is 3.51. The fraction of sp³-hybridized carbons (Fsp3) is 0.652.